The number of nitrogens with one attached hydrogen (secondary N) is 1. The van der Waals surface area contributed by atoms with Crippen LogP contribution in [0.15, 0.2) is 36.5 Å². The van der Waals surface area contributed by atoms with E-state index < -0.39 is 0 Å². The van der Waals surface area contributed by atoms with Gasteiger partial charge in [0.05, 0.1) is 6.07 Å². The summed E-state index contributed by atoms with van der Waals surface area (Å²) in [6.07, 6.45) is 5.03. The fraction of sp³-hybridized carbons (Fsp3) is 0.455. The zero-order valence-electron chi connectivity index (χ0n) is 16.7. The lowest BCUT2D eigenvalue weighted by molar-refractivity contribution is -0.133. The van der Waals surface area contributed by atoms with Gasteiger partial charge >= 0.3 is 0 Å². The first-order valence-electron chi connectivity index (χ1n) is 10.3. The summed E-state index contributed by atoms with van der Waals surface area (Å²) in [6, 6.07) is 12.1. The van der Waals surface area contributed by atoms with Crippen LogP contribution in [-0.2, 0) is 4.79 Å². The van der Waals surface area contributed by atoms with Gasteiger partial charge in [0, 0.05) is 37.4 Å². The number of hydrogen-bond acceptors (Lipinski definition) is 6. The third kappa shape index (κ3) is 4.32. The Morgan fingerprint density at radius 2 is 1.90 bits per heavy atom. The molecule has 1 amide bonds. The van der Waals surface area contributed by atoms with Crippen molar-refractivity contribution in [3.8, 4) is 6.07 Å². The van der Waals surface area contributed by atoms with Crippen LogP contribution in [0.3, 0.4) is 0 Å². The number of aromatic nitrogens is 2. The molecule has 7 heteroatoms. The van der Waals surface area contributed by atoms with E-state index in [0.717, 1.165) is 37.9 Å². The van der Waals surface area contributed by atoms with Crippen molar-refractivity contribution in [3.05, 3.63) is 42.1 Å². The summed E-state index contributed by atoms with van der Waals surface area (Å²) in [4.78, 5) is 26.2. The van der Waals surface area contributed by atoms with Crippen LogP contribution in [-0.4, -0.2) is 46.5 Å². The molecule has 1 aromatic carbocycles. The smallest absolute Gasteiger partial charge is 0.245 e. The topological polar surface area (TPSA) is 85.2 Å². The minimum Gasteiger partial charge on any atom is -0.341 e. The molecule has 7 nitrogen and oxygen atoms in total. The minimum absolute atomic E-state index is 0.0756. The van der Waals surface area contributed by atoms with Gasteiger partial charge in [-0.2, -0.15) is 10.2 Å². The minimum atomic E-state index is -0.219. The monoisotopic (exact) mass is 390 g/mol. The predicted molar refractivity (Wildman–Crippen MR) is 112 cm³/mol. The molecule has 0 bridgehead atoms. The summed E-state index contributed by atoms with van der Waals surface area (Å²) in [5.74, 6) is 1.52. The van der Waals surface area contributed by atoms with Crippen molar-refractivity contribution in [1.82, 2.24) is 14.9 Å². The van der Waals surface area contributed by atoms with Crippen LogP contribution in [0.4, 0.5) is 17.5 Å². The first-order valence-corrected chi connectivity index (χ1v) is 10.3. The van der Waals surface area contributed by atoms with Crippen LogP contribution >= 0.6 is 0 Å². The molecule has 3 heterocycles. The van der Waals surface area contributed by atoms with Crippen LogP contribution in [0.1, 0.15) is 31.2 Å². The molecule has 4 rings (SSSR count). The number of nitriles is 1. The summed E-state index contributed by atoms with van der Waals surface area (Å²) < 4.78 is 0. The zero-order valence-corrected chi connectivity index (χ0v) is 16.7. The maximum Gasteiger partial charge on any atom is 0.245 e. The molecular weight excluding hydrogens is 364 g/mol. The molecule has 2 saturated heterocycles. The van der Waals surface area contributed by atoms with Crippen molar-refractivity contribution >= 4 is 23.4 Å². The standard InChI is InChI=1S/C22H26N6O/c1-16-4-6-18(7-5-16)25-20-8-11-24-22(26-20)28-12-2-3-19(28)21(29)27-13-9-17(15-23)10-14-27/h4-8,11,17,19H,2-3,9-10,12-14H2,1H3,(H,24,25,26). The molecule has 2 aromatic rings. The second-order valence-corrected chi connectivity index (χ2v) is 7.81. The third-order valence-corrected chi connectivity index (χ3v) is 5.75. The molecule has 1 N–H and O–H groups in total. The number of hydrogen-bond donors (Lipinski definition) is 1. The van der Waals surface area contributed by atoms with Gasteiger partial charge in [-0.3, -0.25) is 4.79 Å². The Labute approximate surface area is 171 Å². The second-order valence-electron chi connectivity index (χ2n) is 7.81. The predicted octanol–water partition coefficient (Wildman–Crippen LogP) is 3.26. The number of anilines is 3. The van der Waals surface area contributed by atoms with Crippen LogP contribution in [0.25, 0.3) is 0 Å². The molecule has 1 atom stereocenters. The Bertz CT molecular complexity index is 898. The maximum atomic E-state index is 13.1. The first kappa shape index (κ1) is 19.2. The van der Waals surface area contributed by atoms with Crippen molar-refractivity contribution in [2.24, 2.45) is 5.92 Å². The average molecular weight is 390 g/mol. The average Bonchev–Trinajstić information content (AvgIpc) is 3.25. The largest absolute Gasteiger partial charge is 0.341 e. The summed E-state index contributed by atoms with van der Waals surface area (Å²) in [6.45, 7) is 4.16. The highest BCUT2D eigenvalue weighted by Crippen LogP contribution is 2.27. The molecule has 0 aliphatic carbocycles. The molecule has 2 fully saturated rings. The van der Waals surface area contributed by atoms with E-state index in [0.29, 0.717) is 24.9 Å². The van der Waals surface area contributed by atoms with Crippen molar-refractivity contribution in [2.75, 3.05) is 29.9 Å². The number of carbonyl (C=O) groups is 1. The molecule has 2 aliphatic rings. The van der Waals surface area contributed by atoms with Crippen molar-refractivity contribution in [2.45, 2.75) is 38.6 Å². The highest BCUT2D eigenvalue weighted by Gasteiger charge is 2.36. The van der Waals surface area contributed by atoms with Gasteiger partial charge in [-0.05, 0) is 50.8 Å². The van der Waals surface area contributed by atoms with Crippen molar-refractivity contribution < 1.29 is 4.79 Å². The van der Waals surface area contributed by atoms with Crippen LogP contribution in [0, 0.1) is 24.2 Å². The maximum absolute atomic E-state index is 13.1. The first-order chi connectivity index (χ1) is 14.1. The van der Waals surface area contributed by atoms with E-state index in [-0.39, 0.29) is 17.9 Å². The van der Waals surface area contributed by atoms with Gasteiger partial charge in [0.1, 0.15) is 11.9 Å². The van der Waals surface area contributed by atoms with Gasteiger partial charge < -0.3 is 15.1 Å². The lowest BCUT2D eigenvalue weighted by Gasteiger charge is -2.34. The van der Waals surface area contributed by atoms with Crippen LogP contribution in [0.5, 0.6) is 0 Å². The molecule has 2 aliphatic heterocycles. The van der Waals surface area contributed by atoms with E-state index >= 15 is 0 Å². The lowest BCUT2D eigenvalue weighted by atomic mass is 9.98. The molecule has 0 spiro atoms. The van der Waals surface area contributed by atoms with Gasteiger partial charge in [-0.25, -0.2) is 4.98 Å². The van der Waals surface area contributed by atoms with E-state index in [1.807, 2.05) is 28.0 Å². The fourth-order valence-corrected chi connectivity index (χ4v) is 4.04. The van der Waals surface area contributed by atoms with Gasteiger partial charge in [-0.15, -0.1) is 0 Å². The molecule has 0 radical (unpaired) electrons. The molecule has 1 unspecified atom stereocenters. The number of piperidine rings is 1. The van der Waals surface area contributed by atoms with E-state index in [1.165, 1.54) is 5.56 Å². The molecule has 150 valence electrons. The number of rotatable bonds is 4. The normalized spacial score (nSPS) is 19.8. The number of carbonyl (C=O) groups excluding carboxylic acids is 1. The van der Waals surface area contributed by atoms with Crippen molar-refractivity contribution in [3.63, 3.8) is 0 Å². The zero-order chi connectivity index (χ0) is 20.2. The Hall–Kier alpha value is -3.14. The highest BCUT2D eigenvalue weighted by atomic mass is 16.2. The van der Waals surface area contributed by atoms with Crippen LogP contribution < -0.4 is 10.2 Å². The van der Waals surface area contributed by atoms with Gasteiger partial charge in [0.15, 0.2) is 0 Å². The number of nitrogens with zero attached hydrogens (tertiary/aromatic N) is 5. The van der Waals surface area contributed by atoms with Crippen molar-refractivity contribution in [1.29, 1.82) is 5.26 Å². The SMILES string of the molecule is Cc1ccc(Nc2ccnc(N3CCCC3C(=O)N3CCC(C#N)CC3)n2)cc1. The summed E-state index contributed by atoms with van der Waals surface area (Å²) in [5, 5.41) is 12.4. The number of aryl methyl sites for hydroxylation is 1. The van der Waals surface area contributed by atoms with E-state index in [2.05, 4.69) is 40.4 Å². The van der Waals surface area contributed by atoms with Gasteiger partial charge in [-0.1, -0.05) is 17.7 Å². The van der Waals surface area contributed by atoms with Crippen LogP contribution in [0.2, 0.25) is 0 Å². The number of benzene rings is 1. The van der Waals surface area contributed by atoms with E-state index in [4.69, 9.17) is 5.26 Å². The Balaban J connectivity index is 1.46. The summed E-state index contributed by atoms with van der Waals surface area (Å²) in [5.41, 5.74) is 2.17. The fourth-order valence-electron chi connectivity index (χ4n) is 4.04. The van der Waals surface area contributed by atoms with E-state index in [1.54, 1.807) is 6.20 Å². The van der Waals surface area contributed by atoms with Gasteiger partial charge in [0.25, 0.3) is 0 Å². The highest BCUT2D eigenvalue weighted by molar-refractivity contribution is 5.85. The Kier molecular flexibility index (Phi) is 5.61. The lowest BCUT2D eigenvalue weighted by Crippen LogP contribution is -2.48. The molecule has 29 heavy (non-hydrogen) atoms. The molecular formula is C22H26N6O. The molecule has 0 saturated carbocycles. The third-order valence-electron chi connectivity index (χ3n) is 5.75. The quantitative estimate of drug-likeness (QED) is 0.862. The summed E-state index contributed by atoms with van der Waals surface area (Å²) >= 11 is 0. The summed E-state index contributed by atoms with van der Waals surface area (Å²) in [7, 11) is 0. The van der Waals surface area contributed by atoms with Gasteiger partial charge in [0.2, 0.25) is 11.9 Å². The van der Waals surface area contributed by atoms with E-state index in [9.17, 15) is 4.79 Å². The Morgan fingerprint density at radius 1 is 1.14 bits per heavy atom. The number of likely N-dealkylation sites (tertiary alicyclic amines) is 1. The second kappa shape index (κ2) is 8.48. The number of amides is 1. The molecule has 1 aromatic heterocycles. The Morgan fingerprint density at radius 3 is 2.62 bits per heavy atom.